The number of rotatable bonds is 6. The molecular formula is C19H30IN3O. The van der Waals surface area contributed by atoms with Crippen molar-refractivity contribution in [3.63, 3.8) is 0 Å². The normalized spacial score (nSPS) is 15.1. The summed E-state index contributed by atoms with van der Waals surface area (Å²) in [5.41, 5.74) is 1.18. The van der Waals surface area contributed by atoms with Crippen LogP contribution in [0.4, 0.5) is 0 Å². The minimum absolute atomic E-state index is 0. The number of hydrogen-bond acceptors (Lipinski definition) is 2. The Balaban J connectivity index is 0.00000288. The van der Waals surface area contributed by atoms with Crippen molar-refractivity contribution >= 4 is 29.9 Å². The minimum Gasteiger partial charge on any atom is -0.497 e. The van der Waals surface area contributed by atoms with E-state index in [2.05, 4.69) is 55.7 Å². The molecule has 0 unspecified atom stereocenters. The van der Waals surface area contributed by atoms with E-state index in [1.54, 1.807) is 7.11 Å². The van der Waals surface area contributed by atoms with Crippen molar-refractivity contribution in [2.75, 3.05) is 20.2 Å². The molecule has 1 aliphatic rings. The van der Waals surface area contributed by atoms with E-state index in [1.165, 1.54) is 5.56 Å². The quantitative estimate of drug-likeness (QED) is 0.304. The number of hydrogen-bond donors (Lipinski definition) is 2. The number of nitrogens with zero attached hydrogens (tertiary/aromatic N) is 1. The predicted molar refractivity (Wildman–Crippen MR) is 113 cm³/mol. The topological polar surface area (TPSA) is 45.7 Å². The molecule has 1 aromatic carbocycles. The van der Waals surface area contributed by atoms with Crippen molar-refractivity contribution in [3.8, 4) is 5.75 Å². The molecule has 2 rings (SSSR count). The molecule has 1 aromatic rings. The fraction of sp³-hybridized carbons (Fsp3) is 0.526. The molecule has 0 aliphatic heterocycles. The molecule has 0 spiro atoms. The van der Waals surface area contributed by atoms with Crippen LogP contribution in [0.5, 0.6) is 5.75 Å². The number of nitrogens with one attached hydrogen (secondary N) is 2. The first-order valence-corrected chi connectivity index (χ1v) is 8.39. The molecule has 24 heavy (non-hydrogen) atoms. The molecule has 1 aliphatic carbocycles. The average molecular weight is 443 g/mol. The minimum atomic E-state index is -0.0508. The first-order chi connectivity index (χ1) is 11.0. The zero-order valence-corrected chi connectivity index (χ0v) is 17.5. The summed E-state index contributed by atoms with van der Waals surface area (Å²) in [5.74, 6) is 1.79. The van der Waals surface area contributed by atoms with E-state index in [0.29, 0.717) is 6.04 Å². The summed E-state index contributed by atoms with van der Waals surface area (Å²) in [7, 11) is 1.70. The van der Waals surface area contributed by atoms with E-state index in [9.17, 15) is 0 Å². The third-order valence-corrected chi connectivity index (χ3v) is 4.18. The molecule has 0 saturated heterocycles. The predicted octanol–water partition coefficient (Wildman–Crippen LogP) is 3.86. The second-order valence-electron chi connectivity index (χ2n) is 6.60. The van der Waals surface area contributed by atoms with Gasteiger partial charge in [0.2, 0.25) is 0 Å². The zero-order chi connectivity index (χ0) is 16.7. The van der Waals surface area contributed by atoms with Gasteiger partial charge in [-0.25, -0.2) is 0 Å². The third-order valence-electron chi connectivity index (χ3n) is 4.18. The van der Waals surface area contributed by atoms with Gasteiger partial charge in [0.05, 0.1) is 13.7 Å². The Labute approximate surface area is 163 Å². The number of ether oxygens (including phenoxy) is 1. The molecule has 0 amide bonds. The van der Waals surface area contributed by atoms with E-state index in [4.69, 9.17) is 9.73 Å². The average Bonchev–Trinajstić information content (AvgIpc) is 3.06. The Kier molecular flexibility index (Phi) is 8.59. The molecule has 0 fully saturated rings. The Bertz CT molecular complexity index is 561. The first-order valence-electron chi connectivity index (χ1n) is 8.39. The lowest BCUT2D eigenvalue weighted by atomic mass is 9.84. The van der Waals surface area contributed by atoms with Crippen molar-refractivity contribution in [1.29, 1.82) is 0 Å². The standard InChI is InChI=1S/C19H29N3O.HI/c1-5-20-18(22-16-10-6-7-11-16)21-14-19(2,3)15-9-8-12-17(13-15)23-4;/h6-9,12-13,16H,5,10-11,14H2,1-4H3,(H2,20,21,22);1H. The summed E-state index contributed by atoms with van der Waals surface area (Å²) in [6.07, 6.45) is 6.59. The van der Waals surface area contributed by atoms with E-state index in [1.807, 2.05) is 12.1 Å². The fourth-order valence-corrected chi connectivity index (χ4v) is 2.66. The van der Waals surface area contributed by atoms with Crippen LogP contribution in [0.3, 0.4) is 0 Å². The SMILES string of the molecule is CCNC(=NCC(C)(C)c1cccc(OC)c1)NC1CC=CC1.I. The van der Waals surface area contributed by atoms with Crippen molar-refractivity contribution in [2.24, 2.45) is 4.99 Å². The molecule has 0 bridgehead atoms. The molecule has 0 atom stereocenters. The second-order valence-corrected chi connectivity index (χ2v) is 6.60. The van der Waals surface area contributed by atoms with Gasteiger partial charge in [0.15, 0.2) is 5.96 Å². The van der Waals surface area contributed by atoms with Crippen molar-refractivity contribution < 1.29 is 4.74 Å². The lowest BCUT2D eigenvalue weighted by Gasteiger charge is -2.25. The van der Waals surface area contributed by atoms with Crippen molar-refractivity contribution in [1.82, 2.24) is 10.6 Å². The van der Waals surface area contributed by atoms with E-state index in [-0.39, 0.29) is 29.4 Å². The number of halogens is 1. The maximum absolute atomic E-state index is 5.34. The van der Waals surface area contributed by atoms with E-state index >= 15 is 0 Å². The molecule has 0 aromatic heterocycles. The van der Waals surface area contributed by atoms with Crippen LogP contribution in [0.15, 0.2) is 41.4 Å². The Morgan fingerprint density at radius 1 is 1.29 bits per heavy atom. The van der Waals surface area contributed by atoms with Gasteiger partial charge in [-0.1, -0.05) is 38.1 Å². The lowest BCUT2D eigenvalue weighted by Crippen LogP contribution is -2.43. The number of guanidine groups is 1. The molecule has 0 radical (unpaired) electrons. The summed E-state index contributed by atoms with van der Waals surface area (Å²) in [6.45, 7) is 8.11. The van der Waals surface area contributed by atoms with Crippen molar-refractivity contribution in [2.45, 2.75) is 45.1 Å². The maximum atomic E-state index is 5.34. The zero-order valence-electron chi connectivity index (χ0n) is 15.1. The summed E-state index contributed by atoms with van der Waals surface area (Å²) in [4.78, 5) is 4.81. The van der Waals surface area contributed by atoms with Crippen LogP contribution in [0.25, 0.3) is 0 Å². The number of benzene rings is 1. The molecule has 4 nitrogen and oxygen atoms in total. The highest BCUT2D eigenvalue weighted by Crippen LogP contribution is 2.26. The van der Waals surface area contributed by atoms with Crippen LogP contribution in [-0.4, -0.2) is 32.2 Å². The van der Waals surface area contributed by atoms with Crippen LogP contribution in [0.2, 0.25) is 0 Å². The first kappa shape index (κ1) is 20.8. The Hall–Kier alpha value is -1.24. The largest absolute Gasteiger partial charge is 0.497 e. The van der Waals surface area contributed by atoms with Crippen LogP contribution in [0.1, 0.15) is 39.2 Å². The molecule has 0 heterocycles. The van der Waals surface area contributed by atoms with Crippen LogP contribution >= 0.6 is 24.0 Å². The molecule has 134 valence electrons. The summed E-state index contributed by atoms with van der Waals surface area (Å²) < 4.78 is 5.34. The smallest absolute Gasteiger partial charge is 0.191 e. The van der Waals surface area contributed by atoms with Crippen LogP contribution < -0.4 is 15.4 Å². The van der Waals surface area contributed by atoms with Gasteiger partial charge >= 0.3 is 0 Å². The van der Waals surface area contributed by atoms with Gasteiger partial charge in [-0.3, -0.25) is 4.99 Å². The molecule has 5 heteroatoms. The van der Waals surface area contributed by atoms with Gasteiger partial charge in [-0.05, 0) is 37.5 Å². The van der Waals surface area contributed by atoms with E-state index in [0.717, 1.165) is 37.6 Å². The molecule has 2 N–H and O–H groups in total. The summed E-state index contributed by atoms with van der Waals surface area (Å²) in [6, 6.07) is 8.71. The van der Waals surface area contributed by atoms with Crippen LogP contribution in [0, 0.1) is 0 Å². The third kappa shape index (κ3) is 6.00. The van der Waals surface area contributed by atoms with E-state index < -0.39 is 0 Å². The molecule has 0 saturated carbocycles. The monoisotopic (exact) mass is 443 g/mol. The molecular weight excluding hydrogens is 413 g/mol. The summed E-state index contributed by atoms with van der Waals surface area (Å²) in [5, 5.41) is 6.86. The Morgan fingerprint density at radius 3 is 2.62 bits per heavy atom. The van der Waals surface area contributed by atoms with Gasteiger partial charge in [0.25, 0.3) is 0 Å². The number of methoxy groups -OCH3 is 1. The maximum Gasteiger partial charge on any atom is 0.191 e. The van der Waals surface area contributed by atoms with Gasteiger partial charge in [-0.2, -0.15) is 0 Å². The lowest BCUT2D eigenvalue weighted by molar-refractivity contribution is 0.412. The van der Waals surface area contributed by atoms with Crippen molar-refractivity contribution in [3.05, 3.63) is 42.0 Å². The number of aliphatic imine (C=N–C) groups is 1. The summed E-state index contributed by atoms with van der Waals surface area (Å²) >= 11 is 0. The highest BCUT2D eigenvalue weighted by atomic mass is 127. The second kappa shape index (κ2) is 9.91. The van der Waals surface area contributed by atoms with Gasteiger partial charge in [-0.15, -0.1) is 24.0 Å². The Morgan fingerprint density at radius 2 is 2.00 bits per heavy atom. The fourth-order valence-electron chi connectivity index (χ4n) is 2.66. The van der Waals surface area contributed by atoms with Crippen LogP contribution in [-0.2, 0) is 5.41 Å². The highest BCUT2D eigenvalue weighted by Gasteiger charge is 2.21. The van der Waals surface area contributed by atoms with Gasteiger partial charge in [0.1, 0.15) is 5.75 Å². The highest BCUT2D eigenvalue weighted by molar-refractivity contribution is 14.0. The van der Waals surface area contributed by atoms with Gasteiger partial charge in [0, 0.05) is 18.0 Å². The van der Waals surface area contributed by atoms with Gasteiger partial charge < -0.3 is 15.4 Å².